The molecule has 2 aliphatic rings. The van der Waals surface area contributed by atoms with Gasteiger partial charge in [0.05, 0.1) is 18.1 Å². The van der Waals surface area contributed by atoms with Crippen molar-refractivity contribution in [1.29, 1.82) is 0 Å². The monoisotopic (exact) mass is 875 g/mol. The predicted molar refractivity (Wildman–Crippen MR) is 231 cm³/mol. The maximum atomic E-state index is 14.1. The first kappa shape index (κ1) is 47.7. The Balaban J connectivity index is 1.58. The Bertz CT molecular complexity index is 2130. The molecule has 2 unspecified atom stereocenters. The minimum atomic E-state index is -2.54. The molecule has 0 aromatic heterocycles. The molecule has 1 amide bonds. The maximum absolute atomic E-state index is 14.1. The Morgan fingerprint density at radius 3 is 2.03 bits per heavy atom. The lowest BCUT2D eigenvalue weighted by atomic mass is 9.77. The van der Waals surface area contributed by atoms with Crippen LogP contribution in [0.1, 0.15) is 95.7 Å². The van der Waals surface area contributed by atoms with Gasteiger partial charge in [-0.25, -0.2) is 4.39 Å². The van der Waals surface area contributed by atoms with E-state index in [1.807, 2.05) is 49.4 Å². The number of esters is 4. The fourth-order valence-corrected chi connectivity index (χ4v) is 8.44. The van der Waals surface area contributed by atoms with Gasteiger partial charge in [-0.3, -0.25) is 24.0 Å². The highest BCUT2D eigenvalue weighted by molar-refractivity contribution is 6.74. The van der Waals surface area contributed by atoms with E-state index in [0.717, 1.165) is 25.0 Å². The molecule has 0 aliphatic carbocycles. The lowest BCUT2D eigenvalue weighted by Crippen LogP contribution is -2.61. The SMILES string of the molecule is CC(=O)OCC1O[C@@H](/C=C/c2ccc([C@@H]3[C@@H](CC[C@H](O)c4ccc(F)cc4)C(=O)N3c3ccc(C)cc3)c(O[Si](C)(C)C(C)(C)C)c2)C(OC(C)=O)[C@@H](OC(C)=O)[C@@H]1OC(C)=O. The summed E-state index contributed by atoms with van der Waals surface area (Å²) < 4.78 is 49.1. The Morgan fingerprint density at radius 1 is 0.855 bits per heavy atom. The number of carbonyl (C=O) groups is 5. The van der Waals surface area contributed by atoms with Crippen LogP contribution in [0.15, 0.2) is 72.8 Å². The highest BCUT2D eigenvalue weighted by Gasteiger charge is 2.52. The second-order valence-electron chi connectivity index (χ2n) is 17.4. The fourth-order valence-electron chi connectivity index (χ4n) is 7.41. The van der Waals surface area contributed by atoms with Gasteiger partial charge in [-0.05, 0) is 79.4 Å². The molecule has 13 nitrogen and oxygen atoms in total. The van der Waals surface area contributed by atoms with E-state index in [1.54, 1.807) is 17.1 Å². The van der Waals surface area contributed by atoms with Crippen molar-refractivity contribution in [3.8, 4) is 5.75 Å². The van der Waals surface area contributed by atoms with Crippen LogP contribution in [0.5, 0.6) is 5.75 Å². The quantitative estimate of drug-likeness (QED) is 0.0681. The molecule has 62 heavy (non-hydrogen) atoms. The topological polar surface area (TPSA) is 164 Å². The number of halogens is 1. The standard InChI is InChI=1S/C47H58FNO12Si/c1-27-11-19-35(20-12-27)49-42(37(46(49)55)22-23-38(54)33-15-17-34(48)18-16-33)36-21-13-32(25-40(36)61-62(9,10)47(6,7)8)14-24-39-43(57-29(3)51)45(59-31(5)53)44(58-30(4)52)41(60-39)26-56-28(2)50/h11-21,24-25,37-39,41-45,54H,22-23,26H2,1-10H3/b24-14+/t37-,38+,39+,41?,42-,43?,44-,45-/m1/s1. The molecule has 2 saturated heterocycles. The molecule has 334 valence electrons. The van der Waals surface area contributed by atoms with Crippen molar-refractivity contribution in [2.45, 2.75) is 129 Å². The second kappa shape index (κ2) is 19.8. The minimum absolute atomic E-state index is 0.101. The van der Waals surface area contributed by atoms with Crippen molar-refractivity contribution in [3.05, 3.63) is 101 Å². The van der Waals surface area contributed by atoms with Gasteiger partial charge in [0.2, 0.25) is 14.2 Å². The van der Waals surface area contributed by atoms with Crippen molar-refractivity contribution in [2.24, 2.45) is 5.92 Å². The maximum Gasteiger partial charge on any atom is 0.303 e. The number of aryl methyl sites for hydroxylation is 1. The van der Waals surface area contributed by atoms with Crippen LogP contribution in [0.4, 0.5) is 10.1 Å². The van der Waals surface area contributed by atoms with E-state index in [-0.39, 0.29) is 24.0 Å². The van der Waals surface area contributed by atoms with Gasteiger partial charge in [-0.1, -0.05) is 74.9 Å². The number of ether oxygens (including phenoxy) is 5. The lowest BCUT2D eigenvalue weighted by molar-refractivity contribution is -0.244. The molecule has 5 rings (SSSR count). The van der Waals surface area contributed by atoms with Crippen LogP contribution in [-0.2, 0) is 47.7 Å². The second-order valence-corrected chi connectivity index (χ2v) is 22.1. The summed E-state index contributed by atoms with van der Waals surface area (Å²) in [6.45, 7) is 16.9. The molecule has 0 spiro atoms. The van der Waals surface area contributed by atoms with Gasteiger partial charge in [0.25, 0.3) is 0 Å². The van der Waals surface area contributed by atoms with Crippen LogP contribution in [0, 0.1) is 18.7 Å². The minimum Gasteiger partial charge on any atom is -0.543 e. The van der Waals surface area contributed by atoms with E-state index < -0.39 is 86.6 Å². The molecule has 3 aromatic rings. The third-order valence-electron chi connectivity index (χ3n) is 11.6. The fraction of sp³-hybridized carbons (Fsp3) is 0.468. The zero-order valence-electron chi connectivity index (χ0n) is 37.0. The van der Waals surface area contributed by atoms with Gasteiger partial charge in [0.15, 0.2) is 18.3 Å². The zero-order chi connectivity index (χ0) is 45.7. The lowest BCUT2D eigenvalue weighted by Gasteiger charge is -2.49. The summed E-state index contributed by atoms with van der Waals surface area (Å²) in [5.74, 6) is -3.27. The van der Waals surface area contributed by atoms with Gasteiger partial charge in [-0.2, -0.15) is 0 Å². The first-order valence-electron chi connectivity index (χ1n) is 20.7. The third kappa shape index (κ3) is 11.5. The number of hydrogen-bond acceptors (Lipinski definition) is 12. The van der Waals surface area contributed by atoms with Crippen LogP contribution in [0.3, 0.4) is 0 Å². The van der Waals surface area contributed by atoms with Crippen molar-refractivity contribution < 1.29 is 61.6 Å². The van der Waals surface area contributed by atoms with Crippen LogP contribution in [0.25, 0.3) is 6.08 Å². The van der Waals surface area contributed by atoms with Crippen molar-refractivity contribution in [1.82, 2.24) is 0 Å². The largest absolute Gasteiger partial charge is 0.543 e. The van der Waals surface area contributed by atoms with Crippen molar-refractivity contribution in [2.75, 3.05) is 11.5 Å². The number of amides is 1. The van der Waals surface area contributed by atoms with E-state index in [9.17, 15) is 33.5 Å². The number of aliphatic hydroxyl groups is 1. The summed E-state index contributed by atoms with van der Waals surface area (Å²) in [7, 11) is -2.54. The summed E-state index contributed by atoms with van der Waals surface area (Å²) >= 11 is 0. The van der Waals surface area contributed by atoms with Gasteiger partial charge in [-0.15, -0.1) is 0 Å². The Hall–Kier alpha value is -5.38. The Morgan fingerprint density at radius 2 is 1.45 bits per heavy atom. The molecule has 1 N–H and O–H groups in total. The molecule has 15 heteroatoms. The molecule has 0 radical (unpaired) electrons. The predicted octanol–water partition coefficient (Wildman–Crippen LogP) is 7.87. The van der Waals surface area contributed by atoms with Crippen LogP contribution < -0.4 is 9.33 Å². The summed E-state index contributed by atoms with van der Waals surface area (Å²) in [4.78, 5) is 64.8. The average Bonchev–Trinajstić information content (AvgIpc) is 3.17. The van der Waals surface area contributed by atoms with Crippen molar-refractivity contribution in [3.63, 3.8) is 0 Å². The van der Waals surface area contributed by atoms with Gasteiger partial charge in [0.1, 0.15) is 30.4 Å². The summed E-state index contributed by atoms with van der Waals surface area (Å²) in [6, 6.07) is 18.5. The molecular formula is C47H58FNO12Si. The number of nitrogens with zero attached hydrogens (tertiary/aromatic N) is 1. The number of β-lactam (4-membered cyclic amide) rings is 1. The van der Waals surface area contributed by atoms with Crippen LogP contribution in [0.2, 0.25) is 18.1 Å². The molecule has 2 aliphatic heterocycles. The molecule has 8 atom stereocenters. The third-order valence-corrected chi connectivity index (χ3v) is 15.9. The summed E-state index contributed by atoms with van der Waals surface area (Å²) in [6.07, 6.45) is -3.06. The number of hydrogen-bond donors (Lipinski definition) is 1. The normalized spacial score (nSPS) is 23.3. The van der Waals surface area contributed by atoms with Gasteiger partial charge >= 0.3 is 23.9 Å². The zero-order valence-corrected chi connectivity index (χ0v) is 38.0. The van der Waals surface area contributed by atoms with E-state index in [4.69, 9.17) is 28.1 Å². The summed E-state index contributed by atoms with van der Waals surface area (Å²) in [5, 5.41) is 10.9. The number of anilines is 1. The first-order valence-corrected chi connectivity index (χ1v) is 23.6. The smallest absolute Gasteiger partial charge is 0.303 e. The average molecular weight is 876 g/mol. The van der Waals surface area contributed by atoms with E-state index in [2.05, 4.69) is 33.9 Å². The number of rotatable bonds is 15. The molecule has 2 heterocycles. The van der Waals surface area contributed by atoms with Crippen molar-refractivity contribution >= 4 is 49.9 Å². The first-order chi connectivity index (χ1) is 29.1. The van der Waals surface area contributed by atoms with Crippen LogP contribution in [-0.4, -0.2) is 80.3 Å². The molecular weight excluding hydrogens is 818 g/mol. The van der Waals surface area contributed by atoms with E-state index in [1.165, 1.54) is 38.1 Å². The Kier molecular flexibility index (Phi) is 15.2. The van der Waals surface area contributed by atoms with Crippen LogP contribution >= 0.6 is 0 Å². The molecule has 3 aromatic carbocycles. The van der Waals surface area contributed by atoms with Gasteiger partial charge in [0, 0.05) is 38.9 Å². The number of carbonyl (C=O) groups excluding carboxylic acids is 5. The molecule has 0 saturated carbocycles. The highest BCUT2D eigenvalue weighted by Crippen LogP contribution is 2.50. The van der Waals surface area contributed by atoms with E-state index in [0.29, 0.717) is 29.0 Å². The van der Waals surface area contributed by atoms with Gasteiger partial charge < -0.3 is 38.1 Å². The highest BCUT2D eigenvalue weighted by atomic mass is 28.4. The van der Waals surface area contributed by atoms with E-state index >= 15 is 0 Å². The number of benzene rings is 3. The molecule has 0 bridgehead atoms. The molecule has 2 fully saturated rings. The number of aliphatic hydroxyl groups excluding tert-OH is 1. The Labute approximate surface area is 363 Å². The summed E-state index contributed by atoms with van der Waals surface area (Å²) in [5.41, 5.74) is 3.71.